The van der Waals surface area contributed by atoms with E-state index in [9.17, 15) is 9.59 Å². The molecule has 8 heteroatoms. The number of methoxy groups -OCH3 is 2. The third-order valence-corrected chi connectivity index (χ3v) is 6.77. The Morgan fingerprint density at radius 1 is 1.03 bits per heavy atom. The molecule has 2 heterocycles. The first kappa shape index (κ1) is 22.8. The summed E-state index contributed by atoms with van der Waals surface area (Å²) in [5, 5.41) is 1.96. The number of ether oxygens (including phenoxy) is 2. The quantitative estimate of drug-likeness (QED) is 0.554. The number of carbonyl (C=O) groups is 2. The number of hydrogen-bond donors (Lipinski definition) is 0. The average Bonchev–Trinajstić information content (AvgIpc) is 3.50. The Bertz CT molecular complexity index is 1240. The lowest BCUT2D eigenvalue weighted by molar-refractivity contribution is 0.0791. The molecule has 1 aromatic heterocycles. The summed E-state index contributed by atoms with van der Waals surface area (Å²) in [6.07, 6.45) is 2.10. The summed E-state index contributed by atoms with van der Waals surface area (Å²) in [5.74, 6) is 0.725. The standard InChI is InChI=1S/C25H27N3O4S/c1-17-16-33-25(26-23(29)18-10-11-21(31-2)22(14-18)32-3)28(17)15-19-8-4-5-9-20(19)24(30)27-12-6-7-13-27/h4-5,8-11,14,16H,6-7,12-13,15H2,1-3H3. The predicted octanol–water partition coefficient (Wildman–Crippen LogP) is 3.90. The molecule has 0 unspecified atom stereocenters. The van der Waals surface area contributed by atoms with Gasteiger partial charge in [0.15, 0.2) is 16.3 Å². The molecule has 2 aromatic carbocycles. The van der Waals surface area contributed by atoms with Crippen molar-refractivity contribution < 1.29 is 19.1 Å². The summed E-state index contributed by atoms with van der Waals surface area (Å²) in [5.41, 5.74) is 3.00. The Morgan fingerprint density at radius 3 is 2.48 bits per heavy atom. The molecule has 1 aliphatic heterocycles. The molecule has 0 radical (unpaired) electrons. The third-order valence-electron chi connectivity index (χ3n) is 5.79. The van der Waals surface area contributed by atoms with E-state index in [4.69, 9.17) is 9.47 Å². The van der Waals surface area contributed by atoms with Gasteiger partial charge in [-0.05, 0) is 49.6 Å². The molecule has 0 bridgehead atoms. The molecule has 1 fully saturated rings. The molecule has 0 aliphatic carbocycles. The van der Waals surface area contributed by atoms with Crippen LogP contribution in [0.15, 0.2) is 52.8 Å². The van der Waals surface area contributed by atoms with Crippen LogP contribution in [0, 0.1) is 6.92 Å². The van der Waals surface area contributed by atoms with Crippen molar-refractivity contribution in [3.8, 4) is 11.5 Å². The summed E-state index contributed by atoms with van der Waals surface area (Å²) in [6.45, 7) is 4.04. The first-order valence-electron chi connectivity index (χ1n) is 10.8. The van der Waals surface area contributed by atoms with Gasteiger partial charge >= 0.3 is 0 Å². The summed E-state index contributed by atoms with van der Waals surface area (Å²) in [6, 6.07) is 12.7. The molecule has 1 saturated heterocycles. The number of likely N-dealkylation sites (tertiary alicyclic amines) is 1. The van der Waals surface area contributed by atoms with E-state index in [2.05, 4.69) is 4.99 Å². The van der Waals surface area contributed by atoms with Crippen molar-refractivity contribution in [1.29, 1.82) is 0 Å². The second kappa shape index (κ2) is 10.0. The van der Waals surface area contributed by atoms with Crippen molar-refractivity contribution in [2.75, 3.05) is 27.3 Å². The van der Waals surface area contributed by atoms with Crippen LogP contribution in [-0.4, -0.2) is 48.6 Å². The molecule has 0 spiro atoms. The number of benzene rings is 2. The lowest BCUT2D eigenvalue weighted by atomic mass is 10.1. The van der Waals surface area contributed by atoms with Crippen molar-refractivity contribution in [3.63, 3.8) is 0 Å². The highest BCUT2D eigenvalue weighted by Gasteiger charge is 2.22. The smallest absolute Gasteiger partial charge is 0.279 e. The van der Waals surface area contributed by atoms with Crippen LogP contribution in [0.25, 0.3) is 0 Å². The van der Waals surface area contributed by atoms with Gasteiger partial charge in [0.25, 0.3) is 11.8 Å². The van der Waals surface area contributed by atoms with Gasteiger partial charge in [-0.2, -0.15) is 4.99 Å². The monoisotopic (exact) mass is 465 g/mol. The number of carbonyl (C=O) groups excluding carboxylic acids is 2. The van der Waals surface area contributed by atoms with Gasteiger partial charge < -0.3 is 18.9 Å². The van der Waals surface area contributed by atoms with Crippen LogP contribution < -0.4 is 14.3 Å². The highest BCUT2D eigenvalue weighted by molar-refractivity contribution is 7.07. The summed E-state index contributed by atoms with van der Waals surface area (Å²) >= 11 is 1.40. The van der Waals surface area contributed by atoms with Crippen LogP contribution in [-0.2, 0) is 6.54 Å². The maximum absolute atomic E-state index is 13.1. The number of nitrogens with zero attached hydrogens (tertiary/aromatic N) is 3. The van der Waals surface area contributed by atoms with Crippen molar-refractivity contribution >= 4 is 23.2 Å². The molecule has 0 atom stereocenters. The number of amides is 2. The van der Waals surface area contributed by atoms with E-state index < -0.39 is 0 Å². The molecular formula is C25H27N3O4S. The minimum absolute atomic E-state index is 0.0662. The van der Waals surface area contributed by atoms with Crippen LogP contribution in [0.4, 0.5) is 0 Å². The number of aryl methyl sites for hydroxylation is 1. The number of thiazole rings is 1. The van der Waals surface area contributed by atoms with E-state index in [0.717, 1.165) is 37.2 Å². The highest BCUT2D eigenvalue weighted by atomic mass is 32.1. The van der Waals surface area contributed by atoms with Crippen LogP contribution in [0.1, 0.15) is 44.8 Å². The fraction of sp³-hybridized carbons (Fsp3) is 0.320. The van der Waals surface area contributed by atoms with E-state index in [1.165, 1.54) is 18.4 Å². The normalized spacial score (nSPS) is 13.9. The number of hydrogen-bond acceptors (Lipinski definition) is 5. The summed E-state index contributed by atoms with van der Waals surface area (Å²) in [7, 11) is 3.08. The SMILES string of the molecule is COc1ccc(C(=O)N=c2scc(C)n2Cc2ccccc2C(=O)N2CCCC2)cc1OC. The zero-order valence-corrected chi connectivity index (χ0v) is 19.9. The molecule has 0 saturated carbocycles. The second-order valence-corrected chi connectivity index (χ2v) is 8.73. The minimum Gasteiger partial charge on any atom is -0.493 e. The lowest BCUT2D eigenvalue weighted by Gasteiger charge is -2.18. The first-order chi connectivity index (χ1) is 16.0. The topological polar surface area (TPSA) is 73.1 Å². The van der Waals surface area contributed by atoms with Crippen molar-refractivity contribution in [2.45, 2.75) is 26.3 Å². The second-order valence-electron chi connectivity index (χ2n) is 7.89. The number of rotatable bonds is 6. The zero-order valence-electron chi connectivity index (χ0n) is 19.0. The fourth-order valence-corrected chi connectivity index (χ4v) is 4.82. The Hall–Kier alpha value is -3.39. The van der Waals surface area contributed by atoms with Crippen LogP contribution in [0.5, 0.6) is 11.5 Å². The predicted molar refractivity (Wildman–Crippen MR) is 127 cm³/mol. The van der Waals surface area contributed by atoms with E-state index in [1.54, 1.807) is 25.3 Å². The Labute approximate surface area is 196 Å². The van der Waals surface area contributed by atoms with Crippen LogP contribution in [0.3, 0.4) is 0 Å². The van der Waals surface area contributed by atoms with Crippen LogP contribution in [0.2, 0.25) is 0 Å². The van der Waals surface area contributed by atoms with E-state index in [0.29, 0.717) is 34.0 Å². The van der Waals surface area contributed by atoms with Gasteiger partial charge in [-0.3, -0.25) is 9.59 Å². The van der Waals surface area contributed by atoms with Crippen molar-refractivity contribution in [1.82, 2.24) is 9.47 Å². The maximum Gasteiger partial charge on any atom is 0.279 e. The van der Waals surface area contributed by atoms with Gasteiger partial charge in [-0.25, -0.2) is 0 Å². The average molecular weight is 466 g/mol. The molecule has 1 aliphatic rings. The molecule has 3 aromatic rings. The van der Waals surface area contributed by atoms with Crippen LogP contribution >= 0.6 is 11.3 Å². The van der Waals surface area contributed by atoms with Crippen molar-refractivity contribution in [2.24, 2.45) is 4.99 Å². The molecule has 33 heavy (non-hydrogen) atoms. The first-order valence-corrected chi connectivity index (χ1v) is 11.7. The van der Waals surface area contributed by atoms with Gasteiger partial charge in [0.05, 0.1) is 20.8 Å². The largest absolute Gasteiger partial charge is 0.493 e. The van der Waals surface area contributed by atoms with Gasteiger partial charge in [-0.1, -0.05) is 18.2 Å². The summed E-state index contributed by atoms with van der Waals surface area (Å²) < 4.78 is 12.5. The zero-order chi connectivity index (χ0) is 23.4. The number of aromatic nitrogens is 1. The Morgan fingerprint density at radius 2 is 1.76 bits per heavy atom. The van der Waals surface area contributed by atoms with Gasteiger partial charge in [0.1, 0.15) is 0 Å². The highest BCUT2D eigenvalue weighted by Crippen LogP contribution is 2.27. The molecule has 4 rings (SSSR count). The lowest BCUT2D eigenvalue weighted by Crippen LogP contribution is -2.29. The molecule has 172 valence electrons. The van der Waals surface area contributed by atoms with Gasteiger partial charge in [0, 0.05) is 35.3 Å². The van der Waals surface area contributed by atoms with Gasteiger partial charge in [-0.15, -0.1) is 11.3 Å². The van der Waals surface area contributed by atoms with Crippen molar-refractivity contribution in [3.05, 3.63) is 75.0 Å². The van der Waals surface area contributed by atoms with E-state index in [1.807, 2.05) is 46.0 Å². The molecular weight excluding hydrogens is 438 g/mol. The molecule has 0 N–H and O–H groups in total. The van der Waals surface area contributed by atoms with E-state index in [-0.39, 0.29) is 11.8 Å². The molecule has 7 nitrogen and oxygen atoms in total. The molecule has 2 amide bonds. The summed E-state index contributed by atoms with van der Waals surface area (Å²) in [4.78, 5) is 32.8. The minimum atomic E-state index is -0.368. The van der Waals surface area contributed by atoms with Gasteiger partial charge in [0.2, 0.25) is 0 Å². The van der Waals surface area contributed by atoms with E-state index >= 15 is 0 Å². The maximum atomic E-state index is 13.1. The third kappa shape index (κ3) is 4.85. The fourth-order valence-electron chi connectivity index (χ4n) is 3.94. The Balaban J connectivity index is 1.65. The Kier molecular flexibility index (Phi) is 6.93.